The molecule has 2 aliphatic rings. The minimum atomic E-state index is -0.392. The van der Waals surface area contributed by atoms with Crippen LogP contribution in [0.15, 0.2) is 65.6 Å². The molecule has 34 heavy (non-hydrogen) atoms. The first-order chi connectivity index (χ1) is 16.5. The van der Waals surface area contributed by atoms with E-state index in [0.29, 0.717) is 49.9 Å². The number of benzene rings is 3. The Hall–Kier alpha value is -3.13. The average Bonchev–Trinajstić information content (AvgIpc) is 3.38. The maximum atomic E-state index is 13.1. The number of ether oxygens (including phenoxy) is 3. The summed E-state index contributed by atoms with van der Waals surface area (Å²) < 4.78 is 16.7. The number of amides is 2. The van der Waals surface area contributed by atoms with Gasteiger partial charge in [-0.25, -0.2) is 0 Å². The molecule has 3 aromatic carbocycles. The molecular weight excluding hydrogens is 497 g/mol. The van der Waals surface area contributed by atoms with Crippen molar-refractivity contribution in [3.05, 3.63) is 92.3 Å². The van der Waals surface area contributed by atoms with Crippen molar-refractivity contribution in [2.75, 3.05) is 6.79 Å². The third kappa shape index (κ3) is 4.73. The second-order valence-electron chi connectivity index (χ2n) is 7.52. The lowest BCUT2D eigenvalue weighted by Crippen LogP contribution is -2.27. The van der Waals surface area contributed by atoms with E-state index in [1.165, 1.54) is 0 Å². The van der Waals surface area contributed by atoms with Crippen LogP contribution in [0.1, 0.15) is 16.7 Å². The van der Waals surface area contributed by atoms with E-state index in [0.717, 1.165) is 22.2 Å². The number of carbonyl (C=O) groups is 2. The molecule has 0 aromatic heterocycles. The zero-order valence-corrected chi connectivity index (χ0v) is 20.0. The molecule has 0 radical (unpaired) electrons. The number of rotatable bonds is 6. The summed E-state index contributed by atoms with van der Waals surface area (Å²) in [5.41, 5.74) is 2.25. The summed E-state index contributed by atoms with van der Waals surface area (Å²) in [7, 11) is 0. The van der Waals surface area contributed by atoms with Crippen LogP contribution in [0.2, 0.25) is 10.0 Å². The standard InChI is InChI=1S/C25H17Cl2NO5S/c26-18-7-5-15(6-8-18)13-31-20-4-2-1-3-16(20)10-23-24(29)28(25(30)34-23)12-17-9-21-22(11-19(17)27)33-14-32-21/h1-11H,12-14H2/b23-10+. The molecule has 3 aromatic rings. The van der Waals surface area contributed by atoms with Crippen molar-refractivity contribution in [2.24, 2.45) is 0 Å². The van der Waals surface area contributed by atoms with E-state index in [4.69, 9.17) is 37.4 Å². The van der Waals surface area contributed by atoms with Gasteiger partial charge in [0.15, 0.2) is 11.5 Å². The fourth-order valence-electron chi connectivity index (χ4n) is 3.50. The van der Waals surface area contributed by atoms with Gasteiger partial charge in [0.05, 0.1) is 11.4 Å². The topological polar surface area (TPSA) is 65.1 Å². The number of hydrogen-bond acceptors (Lipinski definition) is 6. The van der Waals surface area contributed by atoms with Crippen molar-refractivity contribution in [1.29, 1.82) is 0 Å². The summed E-state index contributed by atoms with van der Waals surface area (Å²) in [6.07, 6.45) is 1.67. The maximum Gasteiger partial charge on any atom is 0.293 e. The lowest BCUT2D eigenvalue weighted by Gasteiger charge is -2.14. The molecule has 5 rings (SSSR count). The summed E-state index contributed by atoms with van der Waals surface area (Å²) in [5.74, 6) is 1.28. The fraction of sp³-hybridized carbons (Fsp3) is 0.120. The van der Waals surface area contributed by atoms with E-state index >= 15 is 0 Å². The number of carbonyl (C=O) groups excluding carboxylic acids is 2. The predicted molar refractivity (Wildman–Crippen MR) is 131 cm³/mol. The van der Waals surface area contributed by atoms with Gasteiger partial charge in [-0.3, -0.25) is 14.5 Å². The van der Waals surface area contributed by atoms with E-state index in [-0.39, 0.29) is 18.6 Å². The van der Waals surface area contributed by atoms with Crippen LogP contribution in [-0.4, -0.2) is 22.8 Å². The van der Waals surface area contributed by atoms with Gasteiger partial charge in [-0.15, -0.1) is 0 Å². The number of imide groups is 1. The maximum absolute atomic E-state index is 13.1. The monoisotopic (exact) mass is 513 g/mol. The van der Waals surface area contributed by atoms with E-state index in [2.05, 4.69) is 0 Å². The van der Waals surface area contributed by atoms with Crippen LogP contribution in [0.4, 0.5) is 4.79 Å². The van der Waals surface area contributed by atoms with Gasteiger partial charge in [-0.1, -0.05) is 53.5 Å². The number of halogens is 2. The van der Waals surface area contributed by atoms with Crippen LogP contribution < -0.4 is 14.2 Å². The highest BCUT2D eigenvalue weighted by Gasteiger charge is 2.36. The van der Waals surface area contributed by atoms with E-state index in [1.54, 1.807) is 30.3 Å². The Balaban J connectivity index is 1.34. The molecule has 0 atom stereocenters. The van der Waals surface area contributed by atoms with E-state index in [9.17, 15) is 9.59 Å². The Kier molecular flexibility index (Phi) is 6.41. The van der Waals surface area contributed by atoms with Crippen LogP contribution in [0.25, 0.3) is 6.08 Å². The van der Waals surface area contributed by atoms with Gasteiger partial charge in [0.25, 0.3) is 11.1 Å². The molecule has 2 aliphatic heterocycles. The molecule has 1 fully saturated rings. The van der Waals surface area contributed by atoms with Crippen molar-refractivity contribution < 1.29 is 23.8 Å². The van der Waals surface area contributed by atoms with Crippen molar-refractivity contribution in [3.8, 4) is 17.2 Å². The summed E-state index contributed by atoms with van der Waals surface area (Å²) in [5, 5.41) is 0.680. The third-order valence-electron chi connectivity index (χ3n) is 5.26. The zero-order valence-electron chi connectivity index (χ0n) is 17.6. The van der Waals surface area contributed by atoms with Gasteiger partial charge >= 0.3 is 0 Å². The lowest BCUT2D eigenvalue weighted by molar-refractivity contribution is -0.123. The zero-order chi connectivity index (χ0) is 23.7. The minimum absolute atomic E-state index is 0.0339. The summed E-state index contributed by atoms with van der Waals surface area (Å²) in [6.45, 7) is 0.483. The van der Waals surface area contributed by atoms with Crippen molar-refractivity contribution in [2.45, 2.75) is 13.2 Å². The number of fused-ring (bicyclic) bond motifs is 1. The van der Waals surface area contributed by atoms with Gasteiger partial charge in [0.2, 0.25) is 6.79 Å². The molecule has 2 amide bonds. The molecule has 1 saturated heterocycles. The molecule has 0 N–H and O–H groups in total. The summed E-state index contributed by atoms with van der Waals surface area (Å²) in [6, 6.07) is 18.0. The fourth-order valence-corrected chi connectivity index (χ4v) is 4.67. The van der Waals surface area contributed by atoms with Gasteiger partial charge in [-0.2, -0.15) is 0 Å². The summed E-state index contributed by atoms with van der Waals surface area (Å²) >= 11 is 13.2. The second kappa shape index (κ2) is 9.62. The number of thioether (sulfide) groups is 1. The molecule has 0 unspecified atom stereocenters. The first-order valence-corrected chi connectivity index (χ1v) is 11.8. The Labute approximate surface area is 210 Å². The third-order valence-corrected chi connectivity index (χ3v) is 6.77. The Morgan fingerprint density at radius 1 is 1.00 bits per heavy atom. The quantitative estimate of drug-likeness (QED) is 0.348. The van der Waals surface area contributed by atoms with E-state index in [1.807, 2.05) is 36.4 Å². The molecule has 172 valence electrons. The van der Waals surface area contributed by atoms with Crippen LogP contribution in [0, 0.1) is 0 Å². The SMILES string of the molecule is O=C1S/C(=C/c2ccccc2OCc2ccc(Cl)cc2)C(=O)N1Cc1cc2c(cc1Cl)OCO2. The Bertz CT molecular complexity index is 1310. The Morgan fingerprint density at radius 3 is 2.53 bits per heavy atom. The molecule has 9 heteroatoms. The first-order valence-electron chi connectivity index (χ1n) is 10.3. The average molecular weight is 514 g/mol. The van der Waals surface area contributed by atoms with Crippen molar-refractivity contribution in [1.82, 2.24) is 4.90 Å². The lowest BCUT2D eigenvalue weighted by atomic mass is 10.1. The predicted octanol–water partition coefficient (Wildman–Crippen LogP) is 6.54. The Morgan fingerprint density at radius 2 is 1.74 bits per heavy atom. The highest BCUT2D eigenvalue weighted by molar-refractivity contribution is 8.18. The number of nitrogens with zero attached hydrogens (tertiary/aromatic N) is 1. The molecule has 0 spiro atoms. The number of para-hydroxylation sites is 1. The van der Waals surface area contributed by atoms with E-state index < -0.39 is 5.91 Å². The van der Waals surface area contributed by atoms with Crippen molar-refractivity contribution >= 4 is 52.2 Å². The van der Waals surface area contributed by atoms with Crippen LogP contribution in [-0.2, 0) is 17.9 Å². The largest absolute Gasteiger partial charge is 0.488 e. The van der Waals surface area contributed by atoms with Crippen molar-refractivity contribution in [3.63, 3.8) is 0 Å². The highest BCUT2D eigenvalue weighted by atomic mass is 35.5. The van der Waals surface area contributed by atoms with Crippen LogP contribution >= 0.6 is 35.0 Å². The molecule has 0 saturated carbocycles. The molecule has 2 heterocycles. The minimum Gasteiger partial charge on any atom is -0.488 e. The molecule has 0 aliphatic carbocycles. The van der Waals surface area contributed by atoms with Crippen LogP contribution in [0.3, 0.4) is 0 Å². The molecular formula is C25H17Cl2NO5S. The van der Waals surface area contributed by atoms with Crippen LogP contribution in [0.5, 0.6) is 17.2 Å². The van der Waals surface area contributed by atoms with Gasteiger partial charge in [-0.05, 0) is 53.2 Å². The molecule has 0 bridgehead atoms. The summed E-state index contributed by atoms with van der Waals surface area (Å²) in [4.78, 5) is 27.2. The molecule has 6 nitrogen and oxygen atoms in total. The number of hydrogen-bond donors (Lipinski definition) is 0. The highest BCUT2D eigenvalue weighted by Crippen LogP contribution is 2.39. The smallest absolute Gasteiger partial charge is 0.293 e. The van der Waals surface area contributed by atoms with Gasteiger partial charge < -0.3 is 14.2 Å². The first kappa shape index (κ1) is 22.7. The van der Waals surface area contributed by atoms with Gasteiger partial charge in [0.1, 0.15) is 12.4 Å². The van der Waals surface area contributed by atoms with Gasteiger partial charge in [0, 0.05) is 21.7 Å². The normalized spacial score (nSPS) is 15.9. The second-order valence-corrected chi connectivity index (χ2v) is 9.35.